The summed E-state index contributed by atoms with van der Waals surface area (Å²) in [6.07, 6.45) is 7.21. The van der Waals surface area contributed by atoms with Crippen molar-refractivity contribution in [3.8, 4) is 0 Å². The van der Waals surface area contributed by atoms with Crippen molar-refractivity contribution < 1.29 is 19.8 Å². The zero-order chi connectivity index (χ0) is 23.0. The molecule has 0 spiro atoms. The first-order valence-electron chi connectivity index (χ1n) is 10.9. The standard InChI is InChI=1S/C25H29N3O4/c1-2-3-4-11-16-21(22(29)30)28-18-17-26-24(28)27-23(31)25(32,19-12-7-5-8-13-19)20-14-9-6-10-15-20/h5-10,12-15,17-18,21,32H,2-4,11,16H2,1H3,(H,29,30)(H,26,27,31). The van der Waals surface area contributed by atoms with Gasteiger partial charge in [0.2, 0.25) is 5.95 Å². The van der Waals surface area contributed by atoms with Gasteiger partial charge in [0.15, 0.2) is 5.60 Å². The number of nitrogens with zero attached hydrogens (tertiary/aromatic N) is 2. The second-order valence-corrected chi connectivity index (χ2v) is 7.76. The number of aromatic nitrogens is 2. The van der Waals surface area contributed by atoms with E-state index in [0.717, 1.165) is 25.7 Å². The molecule has 3 aromatic rings. The first-order chi connectivity index (χ1) is 15.5. The summed E-state index contributed by atoms with van der Waals surface area (Å²) in [6.45, 7) is 2.10. The van der Waals surface area contributed by atoms with Crippen LogP contribution in [0.4, 0.5) is 5.95 Å². The van der Waals surface area contributed by atoms with Crippen molar-refractivity contribution in [3.63, 3.8) is 0 Å². The molecule has 1 amide bonds. The minimum Gasteiger partial charge on any atom is -0.480 e. The summed E-state index contributed by atoms with van der Waals surface area (Å²) in [6, 6.07) is 16.4. The molecule has 32 heavy (non-hydrogen) atoms. The minimum atomic E-state index is -1.97. The predicted molar refractivity (Wildman–Crippen MR) is 122 cm³/mol. The lowest BCUT2D eigenvalue weighted by Crippen LogP contribution is -2.42. The highest BCUT2D eigenvalue weighted by Crippen LogP contribution is 2.31. The van der Waals surface area contributed by atoms with Gasteiger partial charge in [0.1, 0.15) is 6.04 Å². The number of aliphatic hydroxyl groups is 1. The van der Waals surface area contributed by atoms with Crippen molar-refractivity contribution >= 4 is 17.8 Å². The fourth-order valence-electron chi connectivity index (χ4n) is 3.79. The van der Waals surface area contributed by atoms with Crippen LogP contribution in [0, 0.1) is 0 Å². The fraction of sp³-hybridized carbons (Fsp3) is 0.320. The van der Waals surface area contributed by atoms with Gasteiger partial charge in [-0.15, -0.1) is 0 Å². The molecule has 0 aliphatic carbocycles. The predicted octanol–water partition coefficient (Wildman–Crippen LogP) is 4.35. The maximum Gasteiger partial charge on any atom is 0.326 e. The lowest BCUT2D eigenvalue weighted by molar-refractivity contribution is -0.141. The number of benzene rings is 2. The molecular weight excluding hydrogens is 406 g/mol. The van der Waals surface area contributed by atoms with E-state index in [9.17, 15) is 19.8 Å². The van der Waals surface area contributed by atoms with Crippen LogP contribution >= 0.6 is 0 Å². The van der Waals surface area contributed by atoms with Crippen LogP contribution in [0.25, 0.3) is 0 Å². The van der Waals surface area contributed by atoms with Gasteiger partial charge in [0.05, 0.1) is 0 Å². The number of anilines is 1. The summed E-state index contributed by atoms with van der Waals surface area (Å²) in [7, 11) is 0. The summed E-state index contributed by atoms with van der Waals surface area (Å²) < 4.78 is 1.45. The number of hydrogen-bond acceptors (Lipinski definition) is 4. The number of carbonyl (C=O) groups is 2. The van der Waals surface area contributed by atoms with Gasteiger partial charge in [-0.1, -0.05) is 93.3 Å². The minimum absolute atomic E-state index is 0.0863. The van der Waals surface area contributed by atoms with Gasteiger partial charge in [-0.25, -0.2) is 9.78 Å². The Labute approximate surface area is 187 Å². The molecule has 1 heterocycles. The number of amides is 1. The number of carboxylic acids is 1. The Balaban J connectivity index is 1.90. The normalized spacial score (nSPS) is 12.3. The second-order valence-electron chi connectivity index (χ2n) is 7.76. The third kappa shape index (κ3) is 5.06. The lowest BCUT2D eigenvalue weighted by Gasteiger charge is -2.28. The van der Waals surface area contributed by atoms with Crippen LogP contribution in [0.1, 0.15) is 56.2 Å². The van der Waals surface area contributed by atoms with Crippen LogP contribution in [0.3, 0.4) is 0 Å². The summed E-state index contributed by atoms with van der Waals surface area (Å²) in [5.41, 5.74) is -1.17. The molecule has 3 rings (SSSR count). The van der Waals surface area contributed by atoms with Crippen molar-refractivity contribution in [2.45, 2.75) is 50.7 Å². The van der Waals surface area contributed by atoms with Gasteiger partial charge < -0.3 is 14.8 Å². The molecule has 0 fully saturated rings. The summed E-state index contributed by atoms with van der Waals surface area (Å²) in [5.74, 6) is -1.61. The van der Waals surface area contributed by atoms with Crippen LogP contribution in [-0.2, 0) is 15.2 Å². The van der Waals surface area contributed by atoms with E-state index >= 15 is 0 Å². The first-order valence-corrected chi connectivity index (χ1v) is 10.9. The fourth-order valence-corrected chi connectivity index (χ4v) is 3.79. The molecule has 3 N–H and O–H groups in total. The monoisotopic (exact) mass is 435 g/mol. The molecule has 0 aliphatic heterocycles. The van der Waals surface area contributed by atoms with E-state index in [1.165, 1.54) is 17.0 Å². The number of nitrogens with one attached hydrogen (secondary N) is 1. The van der Waals surface area contributed by atoms with E-state index in [1.807, 2.05) is 0 Å². The average Bonchev–Trinajstić information content (AvgIpc) is 3.27. The van der Waals surface area contributed by atoms with Crippen LogP contribution in [-0.4, -0.2) is 31.6 Å². The lowest BCUT2D eigenvalue weighted by atomic mass is 9.85. The molecule has 2 aromatic carbocycles. The summed E-state index contributed by atoms with van der Waals surface area (Å²) in [4.78, 5) is 29.5. The smallest absolute Gasteiger partial charge is 0.326 e. The Hall–Kier alpha value is -3.45. The molecule has 0 saturated heterocycles. The number of carbonyl (C=O) groups excluding carboxylic acids is 1. The Morgan fingerprint density at radius 2 is 1.59 bits per heavy atom. The Bertz CT molecular complexity index is 978. The van der Waals surface area contributed by atoms with Crippen molar-refractivity contribution in [1.29, 1.82) is 0 Å². The maximum absolute atomic E-state index is 13.4. The quantitative estimate of drug-likeness (QED) is 0.388. The Morgan fingerprint density at radius 1 is 1.00 bits per heavy atom. The van der Waals surface area contributed by atoms with Gasteiger partial charge in [-0.05, 0) is 17.5 Å². The summed E-state index contributed by atoms with van der Waals surface area (Å²) in [5, 5.41) is 24.0. The van der Waals surface area contributed by atoms with Gasteiger partial charge in [0.25, 0.3) is 5.91 Å². The van der Waals surface area contributed by atoms with E-state index < -0.39 is 23.5 Å². The topological polar surface area (TPSA) is 104 Å². The highest BCUT2D eigenvalue weighted by atomic mass is 16.4. The number of unbranched alkanes of at least 4 members (excludes halogenated alkanes) is 3. The second kappa shape index (κ2) is 10.7. The van der Waals surface area contributed by atoms with E-state index in [0.29, 0.717) is 17.5 Å². The molecule has 1 unspecified atom stereocenters. The van der Waals surface area contributed by atoms with Crippen molar-refractivity contribution in [2.24, 2.45) is 0 Å². The van der Waals surface area contributed by atoms with Crippen molar-refractivity contribution in [2.75, 3.05) is 5.32 Å². The van der Waals surface area contributed by atoms with E-state index in [-0.39, 0.29) is 5.95 Å². The van der Waals surface area contributed by atoms with Crippen LogP contribution in [0.2, 0.25) is 0 Å². The molecule has 1 atom stereocenters. The molecule has 0 radical (unpaired) electrons. The number of carboxylic acid groups (broad SMARTS) is 1. The Kier molecular flexibility index (Phi) is 7.78. The summed E-state index contributed by atoms with van der Waals surface area (Å²) >= 11 is 0. The molecule has 1 aromatic heterocycles. The number of hydrogen-bond donors (Lipinski definition) is 3. The van der Waals surface area contributed by atoms with E-state index in [2.05, 4.69) is 17.2 Å². The van der Waals surface area contributed by atoms with Crippen LogP contribution in [0.5, 0.6) is 0 Å². The Morgan fingerprint density at radius 3 is 2.12 bits per heavy atom. The van der Waals surface area contributed by atoms with Gasteiger partial charge >= 0.3 is 5.97 Å². The molecule has 7 heteroatoms. The third-order valence-electron chi connectivity index (χ3n) is 5.56. The highest BCUT2D eigenvalue weighted by molar-refractivity contribution is 5.99. The molecule has 0 saturated carbocycles. The molecule has 168 valence electrons. The molecule has 0 bridgehead atoms. The molecule has 0 aliphatic rings. The number of rotatable bonds is 11. The molecule has 7 nitrogen and oxygen atoms in total. The average molecular weight is 436 g/mol. The van der Waals surface area contributed by atoms with E-state index in [4.69, 9.17) is 0 Å². The van der Waals surface area contributed by atoms with Crippen molar-refractivity contribution in [1.82, 2.24) is 9.55 Å². The van der Waals surface area contributed by atoms with Crippen LogP contribution in [0.15, 0.2) is 73.1 Å². The van der Waals surface area contributed by atoms with Gasteiger partial charge in [0, 0.05) is 12.4 Å². The SMILES string of the molecule is CCCCCCC(C(=O)O)n1ccnc1NC(=O)C(O)(c1ccccc1)c1ccccc1. The zero-order valence-electron chi connectivity index (χ0n) is 18.1. The zero-order valence-corrected chi connectivity index (χ0v) is 18.1. The van der Waals surface area contributed by atoms with Crippen molar-refractivity contribution in [3.05, 3.63) is 84.2 Å². The highest BCUT2D eigenvalue weighted by Gasteiger charge is 2.40. The van der Waals surface area contributed by atoms with E-state index in [1.54, 1.807) is 60.7 Å². The van der Waals surface area contributed by atoms with Crippen LogP contribution < -0.4 is 5.32 Å². The first kappa shape index (κ1) is 23.2. The van der Waals surface area contributed by atoms with Gasteiger partial charge in [-0.3, -0.25) is 10.1 Å². The largest absolute Gasteiger partial charge is 0.480 e. The maximum atomic E-state index is 13.4. The third-order valence-corrected chi connectivity index (χ3v) is 5.56. The number of imidazole rings is 1. The number of aliphatic carboxylic acids is 1. The van der Waals surface area contributed by atoms with Gasteiger partial charge in [-0.2, -0.15) is 0 Å². The molecular formula is C25H29N3O4.